The van der Waals surface area contributed by atoms with Gasteiger partial charge in [0.25, 0.3) is 0 Å². The molecule has 0 aromatic heterocycles. The molecule has 0 amide bonds. The van der Waals surface area contributed by atoms with E-state index in [2.05, 4.69) is 4.74 Å². The lowest BCUT2D eigenvalue weighted by atomic mass is 9.99. The molecule has 0 bridgehead atoms. The van der Waals surface area contributed by atoms with Gasteiger partial charge < -0.3 is 28.4 Å². The number of nitrogens with one attached hydrogen (secondary N) is 6. The highest BCUT2D eigenvalue weighted by molar-refractivity contribution is 7.95. The second-order valence-corrected chi connectivity index (χ2v) is 38.8. The Bertz CT molecular complexity index is 8580. The first kappa shape index (κ1) is 67.7. The summed E-state index contributed by atoms with van der Waals surface area (Å²) in [4.78, 5) is 73.7. The van der Waals surface area contributed by atoms with Gasteiger partial charge in [0, 0.05) is 21.9 Å². The van der Waals surface area contributed by atoms with Gasteiger partial charge in [-0.2, -0.15) is 0 Å². The zero-order chi connectivity index (χ0) is 138. The van der Waals surface area contributed by atoms with Crippen molar-refractivity contribution in [1.82, 2.24) is 0 Å². The number of sulfonamides is 6. The topological polar surface area (TPSA) is 435 Å². The molecule has 0 spiro atoms. The fourth-order valence-corrected chi connectivity index (χ4v) is 20.1. The molecule has 30 nitrogen and oxygen atoms in total. The summed E-state index contributed by atoms with van der Waals surface area (Å²) in [6, 6.07) is -22.8. The van der Waals surface area contributed by atoms with Gasteiger partial charge in [-0.15, -0.1) is 0 Å². The van der Waals surface area contributed by atoms with Crippen molar-refractivity contribution in [2.75, 3.05) is 68.0 Å². The maximum Gasteiger partial charge on any atom is 0.335 e. The molecule has 6 aromatic rings. The van der Waals surface area contributed by atoms with Gasteiger partial charge in [0.2, 0.25) is 60.1 Å². The van der Waals surface area contributed by atoms with Crippen molar-refractivity contribution < 1.29 is 190 Å². The molecule has 12 rings (SSSR count). The van der Waals surface area contributed by atoms with E-state index in [0.717, 1.165) is 6.08 Å². The molecular formula is C90H102Cl6F6N6O24S6. The highest BCUT2D eigenvalue weighted by Gasteiger charge is 2.42. The molecule has 6 aliphatic rings. The van der Waals surface area contributed by atoms with Crippen molar-refractivity contribution in [3.05, 3.63) is 244 Å². The van der Waals surface area contributed by atoms with Crippen LogP contribution in [0.1, 0.15) is 213 Å². The Morgan fingerprint density at radius 3 is 0.899 bits per heavy atom. The zero-order valence-electron chi connectivity index (χ0n) is 112. The smallest absolute Gasteiger partial charge is 0.335 e. The SMILES string of the molecule is [2H]C1=C(C(=O)OCC)[C@H](S(=O)(=O)Nc2c([2H])c([2H])c(F)c([2H])c2Cl)CC([2H])([2H])C1.[2H]C1=C(C(=O)OCC)[C@H](S(=O)(=O)Nc2c([2H])c([2H])c(F)c([2H])c2Cl)CC([2H])([2H])C1([2H])[2H].[2H]C1=C(C(=O)OCC)[C@]([2H])(S(=O)(=O)Nc2c([2H])c([2H])c(F)c([2H])c2Cl)CC([2H])([2H])C1.[2H]C1=C(C(=O)OCC)[C@]([2H])(S(=O)(=O)Nc2c([2H])c([2H])c(F)c([2H])c2Cl)CC([2H])([2H])C1([2H])[2H].[2H]c1c([2H])c(NS(=O)(=O)[C@@]2([2H])C(C(=O)OCC)=CCCC2([2H])[2H])c(Cl)c([2H])c1F.[2H]c1c([2H])c(NS(=O)(=O)[C@H]2C(C(=O)OCC)=CCCC2([2H])[2H])c(Cl)c([2H])c1F. The summed E-state index contributed by atoms with van der Waals surface area (Å²) in [6.07, 6.45) is -25.4. The van der Waals surface area contributed by atoms with Crippen LogP contribution in [0.25, 0.3) is 0 Å². The number of allylic oxidation sites excluding steroid dienone is 6. The van der Waals surface area contributed by atoms with Gasteiger partial charge in [0.15, 0.2) is 0 Å². The second kappa shape index (κ2) is 53.9. The minimum Gasteiger partial charge on any atom is -0.463 e. The molecule has 0 heterocycles. The number of benzene rings is 6. The number of esters is 6. The van der Waals surface area contributed by atoms with Crippen LogP contribution in [0.4, 0.5) is 60.5 Å². The number of carbonyl (C=O) groups is 6. The van der Waals surface area contributed by atoms with Crippen molar-refractivity contribution in [1.29, 1.82) is 0 Å². The minimum atomic E-state index is -5.36. The Morgan fingerprint density at radius 2 is 0.551 bits per heavy atom. The van der Waals surface area contributed by atoms with Crippen molar-refractivity contribution in [3.63, 3.8) is 0 Å². The first-order chi connectivity index (χ1) is 81.3. The molecule has 0 aliphatic heterocycles. The summed E-state index contributed by atoms with van der Waals surface area (Å²) >= 11 is 34.6. The molecule has 6 N–H and O–H groups in total. The number of halogens is 12. The molecular weight excluding hydrogens is 2070 g/mol. The molecule has 0 radical (unpaired) electrons. The van der Waals surface area contributed by atoms with Crippen LogP contribution in [0.2, 0.25) is 30.1 Å². The highest BCUT2D eigenvalue weighted by atomic mass is 35.5. The predicted octanol–water partition coefficient (Wildman–Crippen LogP) is 19.6. The number of anilines is 6. The number of carbonyl (C=O) groups excluding carboxylic acids is 6. The normalized spacial score (nSPS) is 27.3. The first-order valence-electron chi connectivity index (χ1n) is 59.3. The lowest BCUT2D eigenvalue weighted by Crippen LogP contribution is -2.34. The largest absolute Gasteiger partial charge is 0.463 e. The van der Waals surface area contributed by atoms with Crippen LogP contribution in [0.5, 0.6) is 0 Å². The van der Waals surface area contributed by atoms with Gasteiger partial charge >= 0.3 is 35.8 Å². The van der Waals surface area contributed by atoms with E-state index in [1.165, 1.54) is 47.6 Å². The van der Waals surface area contributed by atoms with Crippen molar-refractivity contribution in [2.24, 2.45) is 0 Å². The van der Waals surface area contributed by atoms with Crippen LogP contribution >= 0.6 is 69.6 Å². The summed E-state index contributed by atoms with van der Waals surface area (Å²) in [6.45, 7) is 7.49. The molecule has 756 valence electrons. The fraction of sp³-hybridized carbons (Fsp3) is 0.400. The third-order valence-electron chi connectivity index (χ3n) is 16.6. The number of ether oxygens (including phenoxy) is 6. The number of rotatable bonds is 30. The second-order valence-electron chi connectivity index (χ2n) is 26.0. The summed E-state index contributed by atoms with van der Waals surface area (Å²) in [5, 5.41) is -20.6. The number of hydrogen-bond donors (Lipinski definition) is 6. The van der Waals surface area contributed by atoms with E-state index < -0.39 is 489 Å². The molecule has 6 atom stereocenters. The van der Waals surface area contributed by atoms with Gasteiger partial charge in [0.1, 0.15) is 66.3 Å². The van der Waals surface area contributed by atoms with E-state index in [1.807, 2.05) is 9.44 Å². The maximum atomic E-state index is 13.8. The summed E-state index contributed by atoms with van der Waals surface area (Å²) < 4.78 is 599. The molecule has 0 saturated carbocycles. The van der Waals surface area contributed by atoms with Crippen molar-refractivity contribution in [2.45, 2.75) is 188 Å². The molecule has 48 heteroatoms. The van der Waals surface area contributed by atoms with E-state index >= 15 is 0 Å². The van der Waals surface area contributed by atoms with Gasteiger partial charge in [0.05, 0.1) is 172 Å². The number of hydrogen-bond acceptors (Lipinski definition) is 24. The molecule has 0 unspecified atom stereocenters. The zero-order valence-corrected chi connectivity index (χ0v) is 80.9. The molecule has 138 heavy (non-hydrogen) atoms. The van der Waals surface area contributed by atoms with Crippen molar-refractivity contribution in [3.8, 4) is 0 Å². The average Bonchev–Trinajstić information content (AvgIpc) is 0.700. The van der Waals surface area contributed by atoms with Gasteiger partial charge in [-0.1, -0.05) is 106 Å². The van der Waals surface area contributed by atoms with Crippen LogP contribution in [0.3, 0.4) is 0 Å². The van der Waals surface area contributed by atoms with Crippen LogP contribution in [0.15, 0.2) is 179 Å². The average molecular weight is 2210 g/mol. The Kier molecular flexibility index (Phi) is 26.4. The van der Waals surface area contributed by atoms with E-state index in [-0.39, 0.29) is 58.9 Å². The van der Waals surface area contributed by atoms with Crippen molar-refractivity contribution >= 4 is 200 Å². The molecule has 6 aliphatic carbocycles. The summed E-state index contributed by atoms with van der Waals surface area (Å²) in [5.41, 5.74) is -9.92. The van der Waals surface area contributed by atoms with Gasteiger partial charge in [-0.25, -0.2) is 106 Å². The van der Waals surface area contributed by atoms with E-state index in [1.54, 1.807) is 18.9 Å². The predicted molar refractivity (Wildman–Crippen MR) is 518 cm³/mol. The van der Waals surface area contributed by atoms with Crippen LogP contribution in [-0.2, 0) is 117 Å². The quantitative estimate of drug-likeness (QED) is 0.0139. The minimum absolute atomic E-state index is 0.0218. The van der Waals surface area contributed by atoms with Crippen LogP contribution < -0.4 is 28.3 Å². The Morgan fingerprint density at radius 1 is 0.312 bits per heavy atom. The van der Waals surface area contributed by atoms with Gasteiger partial charge in [-0.05, 0) is 265 Å². The van der Waals surface area contributed by atoms with E-state index in [0.29, 0.717) is 0 Å². The lowest BCUT2D eigenvalue weighted by Gasteiger charge is -2.24. The fourth-order valence-electron chi connectivity index (χ4n) is 10.8. The Labute approximate surface area is 885 Å². The molecule has 0 saturated heterocycles. The molecule has 0 fully saturated rings. The standard InChI is InChI=1S/6C15H17ClFNO4S/c6*1-2-22-15(19)11-5-3-4-6-14(11)23(20,21)18-13-8-7-10(17)9-12(13)16/h6*5,7-9,14,18H,2-4,6H2,1H3/t6*14-/m111111/s1/i3D2,4D2,5D,7D,8D,9D,14D;4D2,5D,7D,8D,9D,14D;3D2,4D2,5D,7D,8D,9D;6D2,7D,8D,9D,14D;4D2,5D,7D,8D,9D;6D2,7D,8D,9D. The van der Waals surface area contributed by atoms with Crippen LogP contribution in [0, 0.1) is 34.9 Å². The first-order valence-corrected chi connectivity index (χ1v) is 50.2. The van der Waals surface area contributed by atoms with Gasteiger partial charge in [-0.3, -0.25) is 28.3 Å². The third kappa shape index (κ3) is 33.8. The van der Waals surface area contributed by atoms with E-state index in [9.17, 15) is 106 Å². The monoisotopic (exact) mass is 2210 g/mol. The van der Waals surface area contributed by atoms with Crippen LogP contribution in [-0.4, -0.2) is 157 Å². The third-order valence-corrected chi connectivity index (χ3v) is 27.5. The lowest BCUT2D eigenvalue weighted by molar-refractivity contribution is -0.139. The maximum absolute atomic E-state index is 13.8. The molecule has 6 aromatic carbocycles. The summed E-state index contributed by atoms with van der Waals surface area (Å²) in [7, 11) is -30.0. The Hall–Kier alpha value is -9.60. The highest BCUT2D eigenvalue weighted by Crippen LogP contribution is 2.39. The summed E-state index contributed by atoms with van der Waals surface area (Å²) in [5.74, 6) is -16.1. The van der Waals surface area contributed by atoms with E-state index in [4.69, 9.17) is 149 Å². The Balaban J connectivity index is 0.000000287.